The third kappa shape index (κ3) is 1.93. The van der Waals surface area contributed by atoms with Gasteiger partial charge < -0.3 is 14.0 Å². The number of aromatic amines is 1. The Bertz CT molecular complexity index is 565. The maximum atomic E-state index is 11.6. The standard InChI is InChI=1S/C12H13NO4/c14-12-11-9(2-1-3-10(11)17-13-12)16-8-4-6-15-7-5-8/h1-3,8H,4-7H2,(H,13,14). The Balaban J connectivity index is 1.93. The number of hydrogen-bond acceptors (Lipinski definition) is 4. The number of H-pyrrole nitrogens is 1. The maximum Gasteiger partial charge on any atom is 0.291 e. The fraction of sp³-hybridized carbons (Fsp3) is 0.417. The summed E-state index contributed by atoms with van der Waals surface area (Å²) >= 11 is 0. The van der Waals surface area contributed by atoms with Crippen molar-refractivity contribution in [1.29, 1.82) is 0 Å². The van der Waals surface area contributed by atoms with Crippen LogP contribution in [0.25, 0.3) is 11.0 Å². The van der Waals surface area contributed by atoms with E-state index in [9.17, 15) is 4.79 Å². The first-order chi connectivity index (χ1) is 8.34. The van der Waals surface area contributed by atoms with Crippen molar-refractivity contribution in [2.45, 2.75) is 18.9 Å². The molecule has 0 aliphatic carbocycles. The number of fused-ring (bicyclic) bond motifs is 1. The first-order valence-electron chi connectivity index (χ1n) is 5.69. The van der Waals surface area contributed by atoms with E-state index < -0.39 is 0 Å². The van der Waals surface area contributed by atoms with Gasteiger partial charge >= 0.3 is 0 Å². The molecule has 5 nitrogen and oxygen atoms in total. The largest absolute Gasteiger partial charge is 0.489 e. The Labute approximate surface area is 97.3 Å². The molecule has 0 amide bonds. The van der Waals surface area contributed by atoms with Crippen LogP contribution in [0.3, 0.4) is 0 Å². The van der Waals surface area contributed by atoms with Crippen LogP contribution in [-0.4, -0.2) is 24.5 Å². The van der Waals surface area contributed by atoms with E-state index in [1.807, 2.05) is 6.07 Å². The molecule has 0 saturated carbocycles. The normalized spacial score (nSPS) is 17.4. The highest BCUT2D eigenvalue weighted by Crippen LogP contribution is 2.25. The van der Waals surface area contributed by atoms with E-state index in [1.54, 1.807) is 12.1 Å². The predicted octanol–water partition coefficient (Wildman–Crippen LogP) is 1.68. The summed E-state index contributed by atoms with van der Waals surface area (Å²) < 4.78 is 16.2. The van der Waals surface area contributed by atoms with Crippen molar-refractivity contribution in [3.05, 3.63) is 28.6 Å². The molecule has 1 aromatic heterocycles. The molecule has 3 rings (SSSR count). The lowest BCUT2D eigenvalue weighted by Gasteiger charge is -2.23. The Morgan fingerprint density at radius 1 is 1.29 bits per heavy atom. The molecule has 2 aromatic rings. The zero-order valence-corrected chi connectivity index (χ0v) is 9.27. The molecule has 1 saturated heterocycles. The minimum atomic E-state index is -0.248. The number of rotatable bonds is 2. The van der Waals surface area contributed by atoms with Gasteiger partial charge in [-0.25, -0.2) is 0 Å². The fourth-order valence-electron chi connectivity index (χ4n) is 2.04. The molecule has 1 aliphatic rings. The van der Waals surface area contributed by atoms with Gasteiger partial charge in [0, 0.05) is 12.8 Å². The van der Waals surface area contributed by atoms with Crippen molar-refractivity contribution in [3.8, 4) is 5.75 Å². The third-order valence-electron chi connectivity index (χ3n) is 2.93. The molecule has 90 valence electrons. The second kappa shape index (κ2) is 4.25. The van der Waals surface area contributed by atoms with Crippen LogP contribution >= 0.6 is 0 Å². The van der Waals surface area contributed by atoms with Crippen LogP contribution in [-0.2, 0) is 4.74 Å². The molecule has 1 fully saturated rings. The minimum absolute atomic E-state index is 0.114. The average Bonchev–Trinajstić information content (AvgIpc) is 2.74. The van der Waals surface area contributed by atoms with Gasteiger partial charge in [0.2, 0.25) is 0 Å². The summed E-state index contributed by atoms with van der Waals surface area (Å²) in [6, 6.07) is 5.35. The summed E-state index contributed by atoms with van der Waals surface area (Å²) in [7, 11) is 0. The second-order valence-electron chi connectivity index (χ2n) is 4.09. The highest BCUT2D eigenvalue weighted by atomic mass is 16.5. The molecule has 0 radical (unpaired) electrons. The van der Waals surface area contributed by atoms with Crippen molar-refractivity contribution in [2.75, 3.05) is 13.2 Å². The molecule has 1 N–H and O–H groups in total. The van der Waals surface area contributed by atoms with Gasteiger partial charge in [-0.3, -0.25) is 4.79 Å². The van der Waals surface area contributed by atoms with Gasteiger partial charge in [-0.15, -0.1) is 0 Å². The molecule has 1 aliphatic heterocycles. The van der Waals surface area contributed by atoms with Gasteiger partial charge in [0.05, 0.1) is 13.2 Å². The third-order valence-corrected chi connectivity index (χ3v) is 2.93. The first kappa shape index (κ1) is 10.4. The van der Waals surface area contributed by atoms with Gasteiger partial charge in [0.1, 0.15) is 17.2 Å². The van der Waals surface area contributed by atoms with Crippen molar-refractivity contribution < 1.29 is 14.0 Å². The van der Waals surface area contributed by atoms with Gasteiger partial charge in [-0.2, -0.15) is 5.16 Å². The minimum Gasteiger partial charge on any atom is -0.489 e. The smallest absolute Gasteiger partial charge is 0.291 e. The molecule has 0 unspecified atom stereocenters. The molecule has 1 aromatic carbocycles. The summed E-state index contributed by atoms with van der Waals surface area (Å²) in [5, 5.41) is 2.80. The van der Waals surface area contributed by atoms with Crippen LogP contribution in [0.2, 0.25) is 0 Å². The van der Waals surface area contributed by atoms with Crippen molar-refractivity contribution in [1.82, 2.24) is 5.16 Å². The maximum absolute atomic E-state index is 11.6. The van der Waals surface area contributed by atoms with Gasteiger partial charge in [-0.1, -0.05) is 6.07 Å². The number of aromatic nitrogens is 1. The quantitative estimate of drug-likeness (QED) is 0.860. The molecule has 0 spiro atoms. The van der Waals surface area contributed by atoms with E-state index >= 15 is 0 Å². The summed E-state index contributed by atoms with van der Waals surface area (Å²) in [6.07, 6.45) is 1.82. The summed E-state index contributed by atoms with van der Waals surface area (Å²) in [5.74, 6) is 0.587. The van der Waals surface area contributed by atoms with Crippen LogP contribution in [0.1, 0.15) is 12.8 Å². The second-order valence-corrected chi connectivity index (χ2v) is 4.09. The highest BCUT2D eigenvalue weighted by Gasteiger charge is 2.18. The molecule has 0 atom stereocenters. The zero-order valence-electron chi connectivity index (χ0n) is 9.27. The number of nitrogens with one attached hydrogen (secondary N) is 1. The average molecular weight is 235 g/mol. The van der Waals surface area contributed by atoms with E-state index in [0.717, 1.165) is 12.8 Å². The summed E-state index contributed by atoms with van der Waals surface area (Å²) in [4.78, 5) is 11.6. The van der Waals surface area contributed by atoms with E-state index in [-0.39, 0.29) is 11.7 Å². The van der Waals surface area contributed by atoms with Gasteiger partial charge in [0.15, 0.2) is 5.58 Å². The van der Waals surface area contributed by atoms with Gasteiger partial charge in [-0.05, 0) is 12.1 Å². The van der Waals surface area contributed by atoms with E-state index in [0.29, 0.717) is 29.9 Å². The Hall–Kier alpha value is -1.75. The Morgan fingerprint density at radius 2 is 2.12 bits per heavy atom. The van der Waals surface area contributed by atoms with E-state index in [1.165, 1.54) is 0 Å². The molecule has 2 heterocycles. The van der Waals surface area contributed by atoms with E-state index in [4.69, 9.17) is 14.0 Å². The molecule has 5 heteroatoms. The van der Waals surface area contributed by atoms with Gasteiger partial charge in [0.25, 0.3) is 5.56 Å². The van der Waals surface area contributed by atoms with Crippen LogP contribution in [0.15, 0.2) is 27.5 Å². The zero-order chi connectivity index (χ0) is 11.7. The molecular formula is C12H13NO4. The fourth-order valence-corrected chi connectivity index (χ4v) is 2.04. The first-order valence-corrected chi connectivity index (χ1v) is 5.69. The molecule has 0 bridgehead atoms. The number of hydrogen-bond donors (Lipinski definition) is 1. The van der Waals surface area contributed by atoms with Crippen molar-refractivity contribution >= 4 is 11.0 Å². The Morgan fingerprint density at radius 3 is 2.94 bits per heavy atom. The number of ether oxygens (including phenoxy) is 2. The lowest BCUT2D eigenvalue weighted by Crippen LogP contribution is -2.26. The lowest BCUT2D eigenvalue weighted by atomic mass is 10.1. The van der Waals surface area contributed by atoms with E-state index in [2.05, 4.69) is 5.16 Å². The predicted molar refractivity (Wildman–Crippen MR) is 61.3 cm³/mol. The summed E-state index contributed by atoms with van der Waals surface area (Å²) in [5.41, 5.74) is 0.280. The van der Waals surface area contributed by atoms with Crippen molar-refractivity contribution in [2.24, 2.45) is 0 Å². The lowest BCUT2D eigenvalue weighted by molar-refractivity contribution is 0.0261. The summed E-state index contributed by atoms with van der Waals surface area (Å²) in [6.45, 7) is 1.42. The highest BCUT2D eigenvalue weighted by molar-refractivity contribution is 5.82. The van der Waals surface area contributed by atoms with Crippen molar-refractivity contribution in [3.63, 3.8) is 0 Å². The SMILES string of the molecule is O=c1[nH]oc2cccc(OC3CCOCC3)c12. The number of benzene rings is 1. The van der Waals surface area contributed by atoms with Crippen LogP contribution in [0, 0.1) is 0 Å². The van der Waals surface area contributed by atoms with Crippen LogP contribution in [0.5, 0.6) is 5.75 Å². The molecule has 17 heavy (non-hydrogen) atoms. The molecular weight excluding hydrogens is 222 g/mol. The Kier molecular flexibility index (Phi) is 2.60. The van der Waals surface area contributed by atoms with Crippen LogP contribution < -0.4 is 10.3 Å². The van der Waals surface area contributed by atoms with Crippen LogP contribution in [0.4, 0.5) is 0 Å². The monoisotopic (exact) mass is 235 g/mol. The topological polar surface area (TPSA) is 64.5 Å².